The van der Waals surface area contributed by atoms with Crippen LogP contribution < -0.4 is 5.32 Å². The molecule has 1 amide bonds. The van der Waals surface area contributed by atoms with Gasteiger partial charge in [0.25, 0.3) is 0 Å². The first-order valence-electron chi connectivity index (χ1n) is 8.99. The van der Waals surface area contributed by atoms with Crippen LogP contribution in [0.25, 0.3) is 30.7 Å². The van der Waals surface area contributed by atoms with Gasteiger partial charge in [-0.3, -0.25) is 4.79 Å². The molecule has 1 N–H and O–H groups in total. The van der Waals surface area contributed by atoms with Crippen molar-refractivity contribution in [2.45, 2.75) is 6.42 Å². The van der Waals surface area contributed by atoms with Gasteiger partial charge in [-0.25, -0.2) is 9.97 Å². The van der Waals surface area contributed by atoms with Crippen LogP contribution in [0.4, 0.5) is 5.69 Å². The predicted octanol–water partition coefficient (Wildman–Crippen LogP) is 6.33. The second-order valence-electron chi connectivity index (χ2n) is 6.41. The van der Waals surface area contributed by atoms with Crippen LogP contribution in [-0.2, 0) is 11.2 Å². The molecule has 5 rings (SSSR count). The van der Waals surface area contributed by atoms with E-state index in [1.165, 1.54) is 4.70 Å². The molecule has 142 valence electrons. The van der Waals surface area contributed by atoms with Gasteiger partial charge in [0.1, 0.15) is 10.0 Å². The topological polar surface area (TPSA) is 54.9 Å². The maximum absolute atomic E-state index is 12.4. The Kier molecular flexibility index (Phi) is 4.93. The Morgan fingerprint density at radius 3 is 2.55 bits per heavy atom. The molecule has 7 heteroatoms. The van der Waals surface area contributed by atoms with Crippen molar-refractivity contribution >= 4 is 55.8 Å². The molecule has 0 spiro atoms. The van der Waals surface area contributed by atoms with Gasteiger partial charge >= 0.3 is 0 Å². The number of para-hydroxylation sites is 1. The Morgan fingerprint density at radius 1 is 0.897 bits per heavy atom. The summed E-state index contributed by atoms with van der Waals surface area (Å²) in [5.41, 5.74) is 3.62. The van der Waals surface area contributed by atoms with Gasteiger partial charge in [-0.2, -0.15) is 0 Å². The van der Waals surface area contributed by atoms with Gasteiger partial charge in [0.15, 0.2) is 0 Å². The Hall–Kier alpha value is -2.87. The van der Waals surface area contributed by atoms with Crippen LogP contribution >= 0.6 is 34.0 Å². The predicted molar refractivity (Wildman–Crippen MR) is 123 cm³/mol. The molecule has 0 saturated carbocycles. The lowest BCUT2D eigenvalue weighted by atomic mass is 10.2. The van der Waals surface area contributed by atoms with E-state index < -0.39 is 0 Å². The number of nitrogens with one attached hydrogen (secondary N) is 1. The molecule has 3 aromatic heterocycles. The molecule has 0 radical (unpaired) electrons. The van der Waals surface area contributed by atoms with E-state index in [4.69, 9.17) is 0 Å². The number of anilines is 1. The number of aromatic nitrogens is 2. The fourth-order valence-corrected chi connectivity index (χ4v) is 5.57. The standard InChI is InChI=1S/C22H15N3OS3/c26-20(12-16-13-28-22(24-16)19-6-3-11-27-19)23-15-9-7-14(8-10-15)21-25-17-4-1-2-5-18(17)29-21/h1-11,13H,12H2,(H,23,26). The molecule has 0 fully saturated rings. The molecule has 2 aromatic carbocycles. The Balaban J connectivity index is 1.25. The summed E-state index contributed by atoms with van der Waals surface area (Å²) in [6.45, 7) is 0. The van der Waals surface area contributed by atoms with Crippen LogP contribution in [0.15, 0.2) is 71.4 Å². The molecule has 0 unspecified atom stereocenters. The average molecular weight is 434 g/mol. The molecule has 5 aromatic rings. The van der Waals surface area contributed by atoms with E-state index in [-0.39, 0.29) is 12.3 Å². The van der Waals surface area contributed by atoms with Crippen molar-refractivity contribution in [1.29, 1.82) is 0 Å². The van der Waals surface area contributed by atoms with Crippen molar-refractivity contribution in [3.63, 3.8) is 0 Å². The van der Waals surface area contributed by atoms with Gasteiger partial charge < -0.3 is 5.32 Å². The number of amides is 1. The minimum atomic E-state index is -0.0687. The molecular formula is C22H15N3OS3. The number of rotatable bonds is 5. The monoisotopic (exact) mass is 433 g/mol. The first-order valence-corrected chi connectivity index (χ1v) is 11.6. The lowest BCUT2D eigenvalue weighted by Gasteiger charge is -2.05. The number of carbonyl (C=O) groups is 1. The van der Waals surface area contributed by atoms with Crippen molar-refractivity contribution in [3.05, 3.63) is 77.1 Å². The van der Waals surface area contributed by atoms with Crippen molar-refractivity contribution in [2.75, 3.05) is 5.32 Å². The molecule has 0 aliphatic rings. The number of thiazole rings is 2. The number of hydrogen-bond acceptors (Lipinski definition) is 6. The molecule has 29 heavy (non-hydrogen) atoms. The summed E-state index contributed by atoms with van der Waals surface area (Å²) in [5, 5.41) is 8.87. The van der Waals surface area contributed by atoms with E-state index in [0.29, 0.717) is 0 Å². The first kappa shape index (κ1) is 18.2. The first-order chi connectivity index (χ1) is 14.2. The lowest BCUT2D eigenvalue weighted by Crippen LogP contribution is -2.14. The van der Waals surface area contributed by atoms with E-state index >= 15 is 0 Å². The SMILES string of the molecule is O=C(Cc1csc(-c2cccs2)n1)Nc1ccc(-c2nc3ccccc3s2)cc1. The van der Waals surface area contributed by atoms with E-state index in [9.17, 15) is 4.79 Å². The van der Waals surface area contributed by atoms with Crippen molar-refractivity contribution in [1.82, 2.24) is 9.97 Å². The Morgan fingerprint density at radius 2 is 1.76 bits per heavy atom. The highest BCUT2D eigenvalue weighted by molar-refractivity contribution is 7.21. The Bertz CT molecular complexity index is 1240. The number of hydrogen-bond donors (Lipinski definition) is 1. The van der Waals surface area contributed by atoms with Crippen molar-refractivity contribution < 1.29 is 4.79 Å². The van der Waals surface area contributed by atoms with Gasteiger partial charge in [0, 0.05) is 16.6 Å². The second-order valence-corrected chi connectivity index (χ2v) is 9.25. The summed E-state index contributed by atoms with van der Waals surface area (Å²) in [6, 6.07) is 20.0. The molecule has 0 saturated heterocycles. The highest BCUT2D eigenvalue weighted by Gasteiger charge is 2.11. The van der Waals surface area contributed by atoms with Crippen LogP contribution in [0.2, 0.25) is 0 Å². The summed E-state index contributed by atoms with van der Waals surface area (Å²) in [6.07, 6.45) is 0.265. The van der Waals surface area contributed by atoms with Crippen LogP contribution in [0.3, 0.4) is 0 Å². The third-order valence-electron chi connectivity index (χ3n) is 4.33. The third kappa shape index (κ3) is 3.98. The molecule has 3 heterocycles. The van der Waals surface area contributed by atoms with Crippen molar-refractivity contribution in [3.8, 4) is 20.5 Å². The van der Waals surface area contributed by atoms with E-state index in [2.05, 4.69) is 21.4 Å². The molecule has 4 nitrogen and oxygen atoms in total. The maximum atomic E-state index is 12.4. The Labute approximate surface area is 179 Å². The number of carbonyl (C=O) groups excluding carboxylic acids is 1. The lowest BCUT2D eigenvalue weighted by molar-refractivity contribution is -0.115. The number of benzene rings is 2. The normalized spacial score (nSPS) is 11.0. The summed E-state index contributed by atoms with van der Waals surface area (Å²) in [4.78, 5) is 22.8. The van der Waals surface area contributed by atoms with E-state index in [0.717, 1.165) is 37.4 Å². The summed E-state index contributed by atoms with van der Waals surface area (Å²) in [7, 11) is 0. The van der Waals surface area contributed by atoms with E-state index in [1.54, 1.807) is 34.0 Å². The smallest absolute Gasteiger partial charge is 0.230 e. The van der Waals surface area contributed by atoms with Crippen molar-refractivity contribution in [2.24, 2.45) is 0 Å². The van der Waals surface area contributed by atoms with Gasteiger partial charge in [-0.1, -0.05) is 18.2 Å². The van der Waals surface area contributed by atoms with Gasteiger partial charge in [-0.15, -0.1) is 34.0 Å². The van der Waals surface area contributed by atoms with E-state index in [1.807, 2.05) is 65.4 Å². The molecular weight excluding hydrogens is 418 g/mol. The van der Waals surface area contributed by atoms with Gasteiger partial charge in [0.2, 0.25) is 5.91 Å². The highest BCUT2D eigenvalue weighted by Crippen LogP contribution is 2.31. The number of fused-ring (bicyclic) bond motifs is 1. The van der Waals surface area contributed by atoms with Crippen LogP contribution in [-0.4, -0.2) is 15.9 Å². The third-order valence-corrected chi connectivity index (χ3v) is 7.35. The summed E-state index contributed by atoms with van der Waals surface area (Å²) in [5.74, 6) is -0.0687. The van der Waals surface area contributed by atoms with Crippen LogP contribution in [0.5, 0.6) is 0 Å². The zero-order chi connectivity index (χ0) is 19.6. The van der Waals surface area contributed by atoms with Gasteiger partial charge in [0.05, 0.1) is 27.2 Å². The second kappa shape index (κ2) is 7.87. The summed E-state index contributed by atoms with van der Waals surface area (Å²) < 4.78 is 1.17. The average Bonchev–Trinajstić information content (AvgIpc) is 3.48. The maximum Gasteiger partial charge on any atom is 0.230 e. The zero-order valence-corrected chi connectivity index (χ0v) is 17.6. The number of thiophene rings is 1. The summed E-state index contributed by atoms with van der Waals surface area (Å²) >= 11 is 4.89. The minimum absolute atomic E-state index is 0.0687. The zero-order valence-electron chi connectivity index (χ0n) is 15.2. The van der Waals surface area contributed by atoms with Crippen LogP contribution in [0, 0.1) is 0 Å². The molecule has 0 aliphatic heterocycles. The van der Waals surface area contributed by atoms with Gasteiger partial charge in [-0.05, 0) is 47.8 Å². The number of nitrogens with zero attached hydrogens (tertiary/aromatic N) is 2. The molecule has 0 aliphatic carbocycles. The van der Waals surface area contributed by atoms with Crippen LogP contribution in [0.1, 0.15) is 5.69 Å². The molecule has 0 bridgehead atoms. The largest absolute Gasteiger partial charge is 0.326 e. The minimum Gasteiger partial charge on any atom is -0.326 e. The fourth-order valence-electron chi connectivity index (χ4n) is 2.96. The molecule has 0 atom stereocenters. The quantitative estimate of drug-likeness (QED) is 0.352. The fraction of sp³-hybridized carbons (Fsp3) is 0.0455. The highest BCUT2D eigenvalue weighted by atomic mass is 32.1.